The van der Waals surface area contributed by atoms with Crippen molar-refractivity contribution in [1.82, 2.24) is 10.2 Å². The first kappa shape index (κ1) is 12.5. The number of hydrogen-bond donors (Lipinski definition) is 2. The highest BCUT2D eigenvalue weighted by Crippen LogP contribution is 2.03. The standard InChI is InChI=1S/C12H18N2O2/c1-14(2)12(16)13-11(9-15)8-10-6-4-3-5-7-10/h3-7,11,15H,8-9H2,1-2H3,(H,13,16)/t11-/m0/s1. The Labute approximate surface area is 95.9 Å². The second kappa shape index (κ2) is 6.12. The first-order valence-corrected chi connectivity index (χ1v) is 5.26. The first-order valence-electron chi connectivity index (χ1n) is 5.26. The number of aliphatic hydroxyl groups excluding tert-OH is 1. The van der Waals surface area contributed by atoms with E-state index in [9.17, 15) is 9.90 Å². The van der Waals surface area contributed by atoms with Gasteiger partial charge in [-0.05, 0) is 12.0 Å². The predicted octanol–water partition coefficient (Wildman–Crippen LogP) is 0.861. The molecule has 0 radical (unpaired) electrons. The van der Waals surface area contributed by atoms with E-state index in [4.69, 9.17) is 0 Å². The molecule has 4 nitrogen and oxygen atoms in total. The Morgan fingerprint density at radius 2 is 2.00 bits per heavy atom. The topological polar surface area (TPSA) is 52.6 Å². The zero-order valence-corrected chi connectivity index (χ0v) is 9.68. The number of urea groups is 1. The van der Waals surface area contributed by atoms with Crippen molar-refractivity contribution in [3.63, 3.8) is 0 Å². The number of carbonyl (C=O) groups excluding carboxylic acids is 1. The third-order valence-electron chi connectivity index (χ3n) is 2.28. The number of amides is 2. The van der Waals surface area contributed by atoms with Crippen LogP contribution in [0.15, 0.2) is 30.3 Å². The third kappa shape index (κ3) is 3.90. The molecule has 0 unspecified atom stereocenters. The minimum absolute atomic E-state index is 0.0610. The summed E-state index contributed by atoms with van der Waals surface area (Å²) in [6.07, 6.45) is 0.636. The third-order valence-corrected chi connectivity index (χ3v) is 2.28. The monoisotopic (exact) mass is 222 g/mol. The van der Waals surface area contributed by atoms with Gasteiger partial charge >= 0.3 is 6.03 Å². The summed E-state index contributed by atoms with van der Waals surface area (Å²) in [5.74, 6) is 0. The van der Waals surface area contributed by atoms with E-state index in [1.165, 1.54) is 4.90 Å². The average molecular weight is 222 g/mol. The van der Waals surface area contributed by atoms with Gasteiger partial charge in [-0.1, -0.05) is 30.3 Å². The smallest absolute Gasteiger partial charge is 0.317 e. The second-order valence-electron chi connectivity index (χ2n) is 3.91. The van der Waals surface area contributed by atoms with Crippen molar-refractivity contribution in [2.24, 2.45) is 0 Å². The van der Waals surface area contributed by atoms with Crippen molar-refractivity contribution in [3.8, 4) is 0 Å². The molecule has 0 bridgehead atoms. The number of carbonyl (C=O) groups is 1. The normalized spacial score (nSPS) is 11.9. The Bertz CT molecular complexity index is 325. The van der Waals surface area contributed by atoms with Gasteiger partial charge in [0.2, 0.25) is 0 Å². The lowest BCUT2D eigenvalue weighted by molar-refractivity contribution is 0.197. The van der Waals surface area contributed by atoms with Crippen molar-refractivity contribution < 1.29 is 9.90 Å². The molecule has 0 aliphatic heterocycles. The molecule has 1 aromatic carbocycles. The van der Waals surface area contributed by atoms with Gasteiger partial charge in [0.05, 0.1) is 12.6 Å². The Morgan fingerprint density at radius 3 is 2.50 bits per heavy atom. The summed E-state index contributed by atoms with van der Waals surface area (Å²) >= 11 is 0. The molecule has 1 atom stereocenters. The molecule has 1 rings (SSSR count). The maximum absolute atomic E-state index is 11.4. The van der Waals surface area contributed by atoms with Gasteiger partial charge in [-0.3, -0.25) is 0 Å². The highest BCUT2D eigenvalue weighted by molar-refractivity contribution is 5.73. The molecule has 0 saturated carbocycles. The zero-order chi connectivity index (χ0) is 12.0. The number of nitrogens with zero attached hydrogens (tertiary/aromatic N) is 1. The average Bonchev–Trinajstić information content (AvgIpc) is 2.29. The summed E-state index contributed by atoms with van der Waals surface area (Å²) in [4.78, 5) is 12.9. The summed E-state index contributed by atoms with van der Waals surface area (Å²) in [6, 6.07) is 9.35. The van der Waals surface area contributed by atoms with E-state index in [1.54, 1.807) is 14.1 Å². The molecule has 0 aliphatic rings. The van der Waals surface area contributed by atoms with Crippen molar-refractivity contribution in [3.05, 3.63) is 35.9 Å². The fourth-order valence-electron chi connectivity index (χ4n) is 1.36. The van der Waals surface area contributed by atoms with Gasteiger partial charge in [0.25, 0.3) is 0 Å². The van der Waals surface area contributed by atoms with Crippen molar-refractivity contribution in [2.45, 2.75) is 12.5 Å². The number of nitrogens with one attached hydrogen (secondary N) is 1. The molecule has 0 heterocycles. The minimum Gasteiger partial charge on any atom is -0.394 e. The SMILES string of the molecule is CN(C)C(=O)N[C@H](CO)Cc1ccccc1. The highest BCUT2D eigenvalue weighted by Gasteiger charge is 2.12. The van der Waals surface area contributed by atoms with E-state index in [1.807, 2.05) is 30.3 Å². The van der Waals surface area contributed by atoms with E-state index in [2.05, 4.69) is 5.32 Å². The number of benzene rings is 1. The summed E-state index contributed by atoms with van der Waals surface area (Å²) in [5.41, 5.74) is 1.10. The van der Waals surface area contributed by atoms with Crippen LogP contribution in [-0.4, -0.2) is 42.8 Å². The minimum atomic E-state index is -0.239. The van der Waals surface area contributed by atoms with Crippen molar-refractivity contribution >= 4 is 6.03 Å². The van der Waals surface area contributed by atoms with Gasteiger partial charge in [0.1, 0.15) is 0 Å². The zero-order valence-electron chi connectivity index (χ0n) is 9.68. The lowest BCUT2D eigenvalue weighted by Gasteiger charge is -2.19. The van der Waals surface area contributed by atoms with Gasteiger partial charge in [-0.2, -0.15) is 0 Å². The molecular weight excluding hydrogens is 204 g/mol. The Morgan fingerprint density at radius 1 is 1.38 bits per heavy atom. The van der Waals surface area contributed by atoms with Crippen molar-refractivity contribution in [2.75, 3.05) is 20.7 Å². The molecule has 2 N–H and O–H groups in total. The molecular formula is C12H18N2O2. The summed E-state index contributed by atoms with van der Waals surface area (Å²) in [7, 11) is 3.35. The first-order chi connectivity index (χ1) is 7.63. The molecule has 0 aliphatic carbocycles. The highest BCUT2D eigenvalue weighted by atomic mass is 16.3. The Kier molecular flexibility index (Phi) is 4.79. The fraction of sp³-hybridized carbons (Fsp3) is 0.417. The molecule has 0 saturated heterocycles. The quantitative estimate of drug-likeness (QED) is 0.794. The lowest BCUT2D eigenvalue weighted by atomic mass is 10.1. The van der Waals surface area contributed by atoms with Crippen LogP contribution >= 0.6 is 0 Å². The van der Waals surface area contributed by atoms with E-state index in [0.717, 1.165) is 5.56 Å². The van der Waals surface area contributed by atoms with Crippen LogP contribution in [0.2, 0.25) is 0 Å². The van der Waals surface area contributed by atoms with Crippen LogP contribution in [0.25, 0.3) is 0 Å². The van der Waals surface area contributed by atoms with Crippen LogP contribution in [-0.2, 0) is 6.42 Å². The largest absolute Gasteiger partial charge is 0.394 e. The Hall–Kier alpha value is -1.55. The molecule has 4 heteroatoms. The molecule has 1 aromatic rings. The van der Waals surface area contributed by atoms with Gasteiger partial charge < -0.3 is 15.3 Å². The van der Waals surface area contributed by atoms with Gasteiger partial charge in [0.15, 0.2) is 0 Å². The molecule has 0 aromatic heterocycles. The van der Waals surface area contributed by atoms with Gasteiger partial charge in [0, 0.05) is 14.1 Å². The number of hydrogen-bond acceptors (Lipinski definition) is 2. The van der Waals surface area contributed by atoms with E-state index >= 15 is 0 Å². The van der Waals surface area contributed by atoms with Crippen LogP contribution in [0.4, 0.5) is 4.79 Å². The molecule has 16 heavy (non-hydrogen) atoms. The van der Waals surface area contributed by atoms with E-state index in [0.29, 0.717) is 6.42 Å². The maximum Gasteiger partial charge on any atom is 0.317 e. The molecule has 0 spiro atoms. The number of aliphatic hydroxyl groups is 1. The number of rotatable bonds is 4. The maximum atomic E-state index is 11.4. The molecule has 2 amide bonds. The summed E-state index contributed by atoms with van der Waals surface area (Å²) < 4.78 is 0. The van der Waals surface area contributed by atoms with Crippen LogP contribution in [0, 0.1) is 0 Å². The fourth-order valence-corrected chi connectivity index (χ4v) is 1.36. The van der Waals surface area contributed by atoms with Crippen molar-refractivity contribution in [1.29, 1.82) is 0 Å². The second-order valence-corrected chi connectivity index (χ2v) is 3.91. The molecule has 0 fully saturated rings. The van der Waals surface area contributed by atoms with E-state index < -0.39 is 0 Å². The van der Waals surface area contributed by atoms with Gasteiger partial charge in [-0.15, -0.1) is 0 Å². The Balaban J connectivity index is 2.53. The summed E-state index contributed by atoms with van der Waals surface area (Å²) in [5, 5.41) is 11.9. The summed E-state index contributed by atoms with van der Waals surface area (Å²) in [6.45, 7) is -0.0610. The van der Waals surface area contributed by atoms with Crippen LogP contribution < -0.4 is 5.32 Å². The van der Waals surface area contributed by atoms with Crippen LogP contribution in [0.3, 0.4) is 0 Å². The predicted molar refractivity (Wildman–Crippen MR) is 63.2 cm³/mol. The van der Waals surface area contributed by atoms with Crippen LogP contribution in [0.1, 0.15) is 5.56 Å². The van der Waals surface area contributed by atoms with Gasteiger partial charge in [-0.25, -0.2) is 4.79 Å². The molecule has 88 valence electrons. The van der Waals surface area contributed by atoms with Crippen LogP contribution in [0.5, 0.6) is 0 Å². The van der Waals surface area contributed by atoms with E-state index in [-0.39, 0.29) is 18.7 Å². The lowest BCUT2D eigenvalue weighted by Crippen LogP contribution is -2.44.